The van der Waals surface area contributed by atoms with Crippen molar-refractivity contribution in [2.75, 3.05) is 18.0 Å². The Hall–Kier alpha value is -4.92. The van der Waals surface area contributed by atoms with Gasteiger partial charge in [0.1, 0.15) is 6.54 Å². The molecule has 0 fully saturated rings. The number of non-ortho nitro benzene ring substituents is 1. The van der Waals surface area contributed by atoms with Gasteiger partial charge in [0.25, 0.3) is 25.9 Å². The monoisotopic (exact) mass is 748 g/mol. The van der Waals surface area contributed by atoms with Gasteiger partial charge in [0.2, 0.25) is 0 Å². The molecule has 11 nitrogen and oxygen atoms in total. The molecule has 264 valence electrons. The average Bonchev–Trinajstić information content (AvgIpc) is 3.10. The molecule has 0 spiro atoms. The van der Waals surface area contributed by atoms with Crippen molar-refractivity contribution in [3.05, 3.63) is 158 Å². The first-order valence-electron chi connectivity index (χ1n) is 15.8. The molecule has 0 heterocycles. The van der Waals surface area contributed by atoms with Crippen molar-refractivity contribution < 1.29 is 35.4 Å². The minimum atomic E-state index is -4.35. The van der Waals surface area contributed by atoms with Crippen LogP contribution in [0, 0.1) is 10.1 Å². The molecule has 4 aromatic carbocycles. The third-order valence-corrected chi connectivity index (χ3v) is 10.4. The Balaban J connectivity index is 1.53. The van der Waals surface area contributed by atoms with Crippen LogP contribution in [0.3, 0.4) is 0 Å². The number of nitro benzene ring substituents is 1. The van der Waals surface area contributed by atoms with Crippen molar-refractivity contribution in [1.29, 1.82) is 0 Å². The zero-order valence-corrected chi connectivity index (χ0v) is 30.1. The Morgan fingerprint density at radius 1 is 0.784 bits per heavy atom. The van der Waals surface area contributed by atoms with E-state index in [2.05, 4.69) is 0 Å². The van der Waals surface area contributed by atoms with E-state index in [0.29, 0.717) is 53.5 Å². The van der Waals surface area contributed by atoms with Gasteiger partial charge in [-0.3, -0.25) is 19.2 Å². The second kappa shape index (κ2) is 15.5. The van der Waals surface area contributed by atoms with Gasteiger partial charge in [-0.15, -0.1) is 0 Å². The van der Waals surface area contributed by atoms with Gasteiger partial charge in [-0.2, -0.15) is 16.8 Å². The van der Waals surface area contributed by atoms with E-state index >= 15 is 0 Å². The molecule has 1 aliphatic rings. The molecule has 0 bridgehead atoms. The molecular weight excluding hydrogens is 714 g/mol. The fourth-order valence-corrected chi connectivity index (χ4v) is 7.11. The second-order valence-corrected chi connectivity index (χ2v) is 14.9. The molecule has 2 N–H and O–H groups in total. The van der Waals surface area contributed by atoms with Crippen molar-refractivity contribution in [1.82, 2.24) is 0 Å². The predicted molar refractivity (Wildman–Crippen MR) is 198 cm³/mol. The molecule has 0 aromatic heterocycles. The molecule has 0 radical (unpaired) electrons. The lowest BCUT2D eigenvalue weighted by Gasteiger charge is -2.24. The lowest BCUT2D eigenvalue weighted by Crippen LogP contribution is -2.22. The summed E-state index contributed by atoms with van der Waals surface area (Å²) < 4.78 is 67.7. The van der Waals surface area contributed by atoms with E-state index in [9.17, 15) is 36.1 Å². The van der Waals surface area contributed by atoms with Crippen LogP contribution in [0.25, 0.3) is 5.57 Å². The molecule has 51 heavy (non-hydrogen) atoms. The molecule has 0 atom stereocenters. The number of nitrogens with zero attached hydrogens (tertiary/aromatic N) is 3. The molecule has 5 rings (SSSR count). The van der Waals surface area contributed by atoms with E-state index in [-0.39, 0.29) is 15.5 Å². The molecule has 4 aromatic rings. The SMILES string of the molecule is CCN(Cc1cccc(S(=O)(=O)O)c1)c1ccc(C(=C2C=CC(=[N+](CC)Cc3cccc(S(=O)(=O)O)c3)C=C2)c2cc([N+](=O)[O-])ccc2Cl)cc1. The number of rotatable bonds is 12. The van der Waals surface area contributed by atoms with E-state index in [1.165, 1.54) is 42.5 Å². The Kier molecular flexibility index (Phi) is 11.4. The number of hydrogen-bond acceptors (Lipinski definition) is 7. The van der Waals surface area contributed by atoms with Crippen LogP contribution in [0.4, 0.5) is 11.4 Å². The lowest BCUT2D eigenvalue weighted by molar-refractivity contribution is -0.539. The van der Waals surface area contributed by atoms with Gasteiger partial charge < -0.3 is 4.90 Å². The lowest BCUT2D eigenvalue weighted by atomic mass is 9.90. The van der Waals surface area contributed by atoms with E-state index in [4.69, 9.17) is 11.6 Å². The molecule has 14 heteroatoms. The minimum Gasteiger partial charge on any atom is -0.367 e. The summed E-state index contributed by atoms with van der Waals surface area (Å²) in [5, 5.41) is 12.1. The highest BCUT2D eigenvalue weighted by Gasteiger charge is 2.21. The van der Waals surface area contributed by atoms with Crippen molar-refractivity contribution in [2.45, 2.75) is 36.7 Å². The summed E-state index contributed by atoms with van der Waals surface area (Å²) in [6, 6.07) is 24.1. The first kappa shape index (κ1) is 37.3. The number of hydrogen-bond donors (Lipinski definition) is 2. The largest absolute Gasteiger partial charge is 0.367 e. The maximum Gasteiger partial charge on any atom is 0.294 e. The number of anilines is 1. The Labute approximate surface area is 301 Å². The van der Waals surface area contributed by atoms with Gasteiger partial charge in [0, 0.05) is 59.2 Å². The normalized spacial score (nSPS) is 13.0. The highest BCUT2D eigenvalue weighted by molar-refractivity contribution is 7.86. The van der Waals surface area contributed by atoms with Gasteiger partial charge in [0.05, 0.1) is 14.7 Å². The Morgan fingerprint density at radius 3 is 1.92 bits per heavy atom. The van der Waals surface area contributed by atoms with E-state index in [0.717, 1.165) is 22.5 Å². The fraction of sp³-hybridized carbons (Fsp3) is 0.162. The first-order chi connectivity index (χ1) is 24.2. The van der Waals surface area contributed by atoms with Crippen molar-refractivity contribution in [3.8, 4) is 0 Å². The van der Waals surface area contributed by atoms with Crippen LogP contribution in [0.5, 0.6) is 0 Å². The molecule has 0 unspecified atom stereocenters. The summed E-state index contributed by atoms with van der Waals surface area (Å²) in [4.78, 5) is 13.0. The summed E-state index contributed by atoms with van der Waals surface area (Å²) in [6.07, 6.45) is 7.60. The Bertz CT molecular complexity index is 2320. The molecule has 1 aliphatic carbocycles. The van der Waals surface area contributed by atoms with Crippen molar-refractivity contribution in [3.63, 3.8) is 0 Å². The van der Waals surface area contributed by atoms with Gasteiger partial charge in [-0.1, -0.05) is 48.0 Å². The summed E-state index contributed by atoms with van der Waals surface area (Å²) in [6.45, 7) is 5.88. The highest BCUT2D eigenvalue weighted by atomic mass is 35.5. The molecular formula is C37H35ClN3O8S2+. The van der Waals surface area contributed by atoms with E-state index in [1.807, 2.05) is 71.9 Å². The zero-order chi connectivity index (χ0) is 36.9. The van der Waals surface area contributed by atoms with Crippen LogP contribution < -0.4 is 4.90 Å². The quantitative estimate of drug-likeness (QED) is 0.0653. The third-order valence-electron chi connectivity index (χ3n) is 8.38. The maximum atomic E-state index is 11.8. The van der Waals surface area contributed by atoms with Crippen LogP contribution in [0.2, 0.25) is 5.02 Å². The predicted octanol–water partition coefficient (Wildman–Crippen LogP) is 7.37. The smallest absolute Gasteiger partial charge is 0.294 e. The molecule has 0 saturated carbocycles. The molecule has 0 amide bonds. The first-order valence-corrected chi connectivity index (χ1v) is 19.1. The highest BCUT2D eigenvalue weighted by Crippen LogP contribution is 2.37. The van der Waals surface area contributed by atoms with Crippen LogP contribution in [-0.2, 0) is 33.3 Å². The van der Waals surface area contributed by atoms with Crippen LogP contribution in [0.1, 0.15) is 36.1 Å². The molecule has 0 aliphatic heterocycles. The summed E-state index contributed by atoms with van der Waals surface area (Å²) in [5.41, 5.74) is 5.57. The van der Waals surface area contributed by atoms with Gasteiger partial charge in [0.15, 0.2) is 12.3 Å². The standard InChI is InChI=1S/C37H34ClN3O8S2/c1-3-39(24-26-7-5-9-33(21-26)50(44,45)46)30-15-11-28(12-16-30)37(35-23-32(41(42)43)19-20-36(35)38)29-13-17-31(18-14-29)40(4-2)25-27-8-6-10-34(22-27)51(47,48)49/h5-23H,3-4,24-25H2,1-2H3,(H-,44,45,46,47,48,49)/p+1. The third kappa shape index (κ3) is 9.06. The van der Waals surface area contributed by atoms with Crippen LogP contribution in [-0.4, -0.2) is 54.2 Å². The number of nitro groups is 1. The average molecular weight is 749 g/mol. The fourth-order valence-electron chi connectivity index (χ4n) is 5.79. The maximum absolute atomic E-state index is 11.8. The zero-order valence-electron chi connectivity index (χ0n) is 27.7. The summed E-state index contributed by atoms with van der Waals surface area (Å²) in [5.74, 6) is 0. The molecule has 0 saturated heterocycles. The number of benzene rings is 4. The van der Waals surface area contributed by atoms with Gasteiger partial charge >= 0.3 is 0 Å². The van der Waals surface area contributed by atoms with Gasteiger partial charge in [-0.05, 0) is 90.7 Å². The second-order valence-electron chi connectivity index (χ2n) is 11.7. The van der Waals surface area contributed by atoms with Crippen molar-refractivity contribution in [2.24, 2.45) is 0 Å². The minimum absolute atomic E-state index is 0.117. The topological polar surface area (TPSA) is 158 Å². The van der Waals surface area contributed by atoms with Crippen molar-refractivity contribution >= 4 is 54.5 Å². The van der Waals surface area contributed by atoms with E-state index in [1.54, 1.807) is 24.3 Å². The van der Waals surface area contributed by atoms with E-state index < -0.39 is 25.2 Å². The number of halogens is 1. The van der Waals surface area contributed by atoms with Crippen LogP contribution >= 0.6 is 11.6 Å². The summed E-state index contributed by atoms with van der Waals surface area (Å²) >= 11 is 6.69. The van der Waals surface area contributed by atoms with Gasteiger partial charge in [-0.25, -0.2) is 4.58 Å². The van der Waals surface area contributed by atoms with Crippen LogP contribution in [0.15, 0.2) is 131 Å². The summed E-state index contributed by atoms with van der Waals surface area (Å²) in [7, 11) is -8.70. The number of allylic oxidation sites excluding steroid dienone is 5. The Morgan fingerprint density at radius 2 is 1.37 bits per heavy atom.